The van der Waals surface area contributed by atoms with Gasteiger partial charge < -0.3 is 9.15 Å². The monoisotopic (exact) mass is 1070 g/mol. The normalized spacial score (nSPS) is 19.3. The molecule has 2 atom stereocenters. The number of benzene rings is 8. The van der Waals surface area contributed by atoms with E-state index >= 15 is 0 Å². The van der Waals surface area contributed by atoms with E-state index < -0.39 is 0 Å². The van der Waals surface area contributed by atoms with Crippen LogP contribution in [0.1, 0.15) is 173 Å². The van der Waals surface area contributed by atoms with E-state index in [-0.39, 0.29) is 33.7 Å². The zero-order chi connectivity index (χ0) is 56.4. The fraction of sp³-hybridized carbons (Fsp3) is 0.275. The molecule has 0 amide bonds. The minimum atomic E-state index is -0.295. The average molecular weight is 1070 g/mol. The Bertz CT molecular complexity index is 4470. The van der Waals surface area contributed by atoms with E-state index in [1.54, 1.807) is 0 Å². The predicted octanol–water partition coefficient (Wildman–Crippen LogP) is 18.9. The lowest BCUT2D eigenvalue weighted by Gasteiger charge is -2.43. The zero-order valence-electron chi connectivity index (χ0n) is 49.7. The maximum absolute atomic E-state index is 7.16. The Morgan fingerprint density at radius 3 is 1.96 bits per heavy atom. The molecule has 2 unspecified atom stereocenters. The van der Waals surface area contributed by atoms with Crippen LogP contribution in [0.25, 0.3) is 79.3 Å². The van der Waals surface area contributed by atoms with Crippen LogP contribution in [0.4, 0.5) is 0 Å². The molecule has 8 aromatic carbocycles. The molecule has 9 aromatic rings. The zero-order valence-corrected chi connectivity index (χ0v) is 49.7. The van der Waals surface area contributed by atoms with Crippen LogP contribution < -0.4 is 10.6 Å². The van der Waals surface area contributed by atoms with Gasteiger partial charge in [-0.2, -0.15) is 0 Å². The van der Waals surface area contributed by atoms with E-state index in [1.165, 1.54) is 150 Å². The molecule has 2 heteroatoms. The van der Waals surface area contributed by atoms with Gasteiger partial charge in [-0.1, -0.05) is 222 Å². The minimum Gasteiger partial charge on any atom is -0.456 e. The lowest BCUT2D eigenvalue weighted by atomic mass is 9.64. The van der Waals surface area contributed by atoms with Gasteiger partial charge in [-0.15, -0.1) is 0 Å². The number of hydrogen-bond donors (Lipinski definition) is 0. The van der Waals surface area contributed by atoms with Gasteiger partial charge in [0.15, 0.2) is 0 Å². The highest BCUT2D eigenvalue weighted by atomic mass is 16.5. The molecule has 0 saturated heterocycles. The Hall–Kier alpha value is -7.78. The summed E-state index contributed by atoms with van der Waals surface area (Å²) >= 11 is 0. The Labute approximate surface area is 485 Å². The highest BCUT2D eigenvalue weighted by Crippen LogP contribution is 2.67. The second-order valence-corrected chi connectivity index (χ2v) is 27.0. The van der Waals surface area contributed by atoms with Crippen molar-refractivity contribution in [1.29, 1.82) is 0 Å². The molecule has 0 bridgehead atoms. The van der Waals surface area contributed by atoms with Crippen molar-refractivity contribution >= 4 is 45.9 Å². The van der Waals surface area contributed by atoms with Gasteiger partial charge in [0.25, 0.3) is 0 Å². The molecule has 2 nitrogen and oxygen atoms in total. The van der Waals surface area contributed by atoms with E-state index in [0.717, 1.165) is 36.7 Å². The third kappa shape index (κ3) is 7.29. The number of allylic oxidation sites excluding steroid dienone is 2. The first-order valence-electron chi connectivity index (χ1n) is 30.4. The smallest absolute Gasteiger partial charge is 0.143 e. The molecule has 0 fully saturated rings. The standard InChI is InChI=1S/C80H74O2/c1-12-47-40-46(30-37-55(47)68-48(13-2)42-62(49-31-35-53(36-32-49)77(3,4)5)75-71(68)60-26-18-21-29-67(60)82-75)41-61(50-33-38-57-56-24-16-19-27-63(56)78(6,7)65(57)43-50)51-34-39-59-66(44-51)80(10,11)73-69(59)70-54-23-15-14-22-52(54)45-81-76(70)72-58-25-17-20-28-64(58)79(8,9)74(72)73/h14-17,19-20,22-44,72,76H,12-13,18,21,45H2,1-11H3. The van der Waals surface area contributed by atoms with Gasteiger partial charge in [-0.05, 0) is 195 Å². The van der Waals surface area contributed by atoms with Crippen LogP contribution in [-0.4, -0.2) is 6.10 Å². The molecule has 0 saturated carbocycles. The summed E-state index contributed by atoms with van der Waals surface area (Å²) in [7, 11) is 0. The van der Waals surface area contributed by atoms with Crippen molar-refractivity contribution in [3.63, 3.8) is 0 Å². The highest BCUT2D eigenvalue weighted by Gasteiger charge is 2.57. The Morgan fingerprint density at radius 2 is 1.22 bits per heavy atom. The van der Waals surface area contributed by atoms with Crippen LogP contribution in [0.5, 0.6) is 0 Å². The maximum Gasteiger partial charge on any atom is 0.143 e. The first kappa shape index (κ1) is 51.1. The largest absolute Gasteiger partial charge is 0.456 e. The fourth-order valence-corrected chi connectivity index (χ4v) is 16.2. The lowest BCUT2D eigenvalue weighted by molar-refractivity contribution is 0.0593. The van der Waals surface area contributed by atoms with E-state index in [4.69, 9.17) is 9.15 Å². The number of fused-ring (bicyclic) bond motifs is 16. The van der Waals surface area contributed by atoms with Crippen LogP contribution in [-0.2, 0) is 45.8 Å². The summed E-state index contributed by atoms with van der Waals surface area (Å²) in [6, 6.07) is 61.0. The molecule has 0 N–H and O–H groups in total. The van der Waals surface area contributed by atoms with E-state index in [2.05, 4.69) is 252 Å². The van der Waals surface area contributed by atoms with Gasteiger partial charge in [-0.3, -0.25) is 0 Å². The van der Waals surface area contributed by atoms with Crippen LogP contribution in [0.3, 0.4) is 0 Å². The molecule has 2 heterocycles. The highest BCUT2D eigenvalue weighted by molar-refractivity contribution is 6.10. The maximum atomic E-state index is 7.16. The molecule has 1 aliphatic heterocycles. The van der Waals surface area contributed by atoms with E-state index in [1.807, 2.05) is 0 Å². The number of hydrogen-bond acceptors (Lipinski definition) is 2. The molecular formula is C80H74O2. The molecule has 406 valence electrons. The van der Waals surface area contributed by atoms with Crippen molar-refractivity contribution in [2.24, 2.45) is 0 Å². The molecule has 0 spiro atoms. The third-order valence-electron chi connectivity index (χ3n) is 20.3. The first-order chi connectivity index (χ1) is 39.5. The Kier molecular flexibility index (Phi) is 11.3. The van der Waals surface area contributed by atoms with Gasteiger partial charge in [0.05, 0.1) is 12.7 Å². The third-order valence-corrected chi connectivity index (χ3v) is 20.3. The summed E-state index contributed by atoms with van der Waals surface area (Å²) in [5.41, 5.74) is 34.8. The van der Waals surface area contributed by atoms with Gasteiger partial charge in [0, 0.05) is 38.3 Å². The van der Waals surface area contributed by atoms with E-state index in [0.29, 0.717) is 6.61 Å². The fourth-order valence-electron chi connectivity index (χ4n) is 16.2. The quantitative estimate of drug-likeness (QED) is 0.148. The van der Waals surface area contributed by atoms with Crippen molar-refractivity contribution in [2.75, 3.05) is 0 Å². The molecular weight excluding hydrogens is 993 g/mol. The number of ether oxygens (including phenoxy) is 1. The molecule has 0 radical (unpaired) electrons. The number of aryl methyl sites for hydroxylation is 2. The minimum absolute atomic E-state index is 0.0679. The number of rotatable bonds is 7. The van der Waals surface area contributed by atoms with Gasteiger partial charge in [0.2, 0.25) is 0 Å². The number of furan rings is 1. The van der Waals surface area contributed by atoms with Gasteiger partial charge in [-0.25, -0.2) is 0 Å². The summed E-state index contributed by atoms with van der Waals surface area (Å²) in [5.74, 6) is 0.148. The second kappa shape index (κ2) is 18.1. The summed E-state index contributed by atoms with van der Waals surface area (Å²) in [4.78, 5) is 0. The second-order valence-electron chi connectivity index (χ2n) is 27.0. The topological polar surface area (TPSA) is 22.4 Å². The molecule has 82 heavy (non-hydrogen) atoms. The molecule has 6 aliphatic rings. The summed E-state index contributed by atoms with van der Waals surface area (Å²) in [6.07, 6.45) is 11.0. The first-order valence-corrected chi connectivity index (χ1v) is 30.4. The van der Waals surface area contributed by atoms with Gasteiger partial charge >= 0.3 is 0 Å². The SMILES string of the molecule is CCc1cc(C=C(c2ccc3c(c2)C(C)(C)C2=C4C(c5ccccc5C4(C)C)C4OCc5ccccc5C4=C23)c2ccc3c(c2)C(C)(C)c2ccccc2-3)ccc1-c1c(CC)cc(-c2ccc(C(C)(C)C)cc2)c2oc3c(c12)=CCCC=3. The van der Waals surface area contributed by atoms with Crippen LogP contribution in [0, 0.1) is 0 Å². The van der Waals surface area contributed by atoms with Crippen LogP contribution in [0.15, 0.2) is 173 Å². The predicted molar refractivity (Wildman–Crippen MR) is 343 cm³/mol. The summed E-state index contributed by atoms with van der Waals surface area (Å²) < 4.78 is 14.2. The molecule has 15 rings (SSSR count). The van der Waals surface area contributed by atoms with Crippen LogP contribution in [0.2, 0.25) is 0 Å². The summed E-state index contributed by atoms with van der Waals surface area (Å²) in [6.45, 7) is 26.9. The van der Waals surface area contributed by atoms with Crippen molar-refractivity contribution in [1.82, 2.24) is 0 Å². The van der Waals surface area contributed by atoms with Crippen molar-refractivity contribution in [2.45, 2.75) is 142 Å². The lowest BCUT2D eigenvalue weighted by Crippen LogP contribution is -2.36. The Balaban J connectivity index is 0.932. The van der Waals surface area contributed by atoms with E-state index in [9.17, 15) is 0 Å². The average Bonchev–Trinajstić information content (AvgIpc) is 1.83. The van der Waals surface area contributed by atoms with Crippen LogP contribution >= 0.6 is 0 Å². The van der Waals surface area contributed by atoms with Crippen molar-refractivity contribution in [3.8, 4) is 33.4 Å². The Morgan fingerprint density at radius 1 is 0.573 bits per heavy atom. The molecule has 5 aliphatic carbocycles. The van der Waals surface area contributed by atoms with Crippen molar-refractivity contribution < 1.29 is 9.15 Å². The van der Waals surface area contributed by atoms with Crippen molar-refractivity contribution in [3.05, 3.63) is 257 Å². The summed E-state index contributed by atoms with van der Waals surface area (Å²) in [5, 5.41) is 2.49. The van der Waals surface area contributed by atoms with Gasteiger partial charge in [0.1, 0.15) is 11.0 Å². The molecule has 1 aromatic heterocycles.